The van der Waals surface area contributed by atoms with Crippen LogP contribution in [0.1, 0.15) is 43.2 Å². The maximum atomic E-state index is 15.3. The molecule has 1 aromatic heterocycles. The molecule has 2 aliphatic carbocycles. The van der Waals surface area contributed by atoms with E-state index >= 15 is 13.2 Å². The second-order valence-corrected chi connectivity index (χ2v) is 20.0. The third kappa shape index (κ3) is 3.35. The molecule has 0 N–H and O–H groups in total. The number of allylic oxidation sites excluding steroid dienone is 5. The summed E-state index contributed by atoms with van der Waals surface area (Å²) in [6.07, 6.45) is -0.636. The molecule has 5 aliphatic rings. The molecule has 2 aromatic carbocycles. The van der Waals surface area contributed by atoms with Crippen molar-refractivity contribution in [2.45, 2.75) is 51.9 Å². The van der Waals surface area contributed by atoms with Gasteiger partial charge in [-0.25, -0.2) is 0 Å². The van der Waals surface area contributed by atoms with E-state index in [-0.39, 0.29) is 33.7 Å². The number of hydrogen-bond acceptors (Lipinski definition) is 5. The molecular weight excluding hydrogens is 616 g/mol. The van der Waals surface area contributed by atoms with Crippen LogP contribution in [0.2, 0.25) is 13.1 Å². The Labute approximate surface area is 263 Å². The fourth-order valence-electron chi connectivity index (χ4n) is 7.86. The lowest BCUT2D eigenvalue weighted by Gasteiger charge is -2.48. The van der Waals surface area contributed by atoms with Crippen molar-refractivity contribution in [2.75, 3.05) is 10.7 Å². The first-order chi connectivity index (χ1) is 20.7. The maximum Gasteiger partial charge on any atom is 0.402 e. The average molecular weight is 646 g/mol. The van der Waals surface area contributed by atoms with Crippen molar-refractivity contribution in [3.05, 3.63) is 92.2 Å². The van der Waals surface area contributed by atoms with Gasteiger partial charge >= 0.3 is 6.18 Å². The molecule has 3 aliphatic heterocycles. The van der Waals surface area contributed by atoms with Crippen LogP contribution in [-0.2, 0) is 15.0 Å². The average Bonchev–Trinajstić information content (AvgIpc) is 3.60. The second-order valence-electron chi connectivity index (χ2n) is 13.6. The van der Waals surface area contributed by atoms with Crippen LogP contribution in [0.5, 0.6) is 0 Å². The summed E-state index contributed by atoms with van der Waals surface area (Å²) in [5.41, 5.74) is 0.512. The standard InChI is InChI=1S/C35H30F3NO2S2Si/c1-18-17-42-28-15-20-22(16-33(18,28)2)31(41)21(30(20)40)13-19-14-24-32(43-19)39-25-10-6-7-11-26(25)44(4,5)27-12-8-9-23(29(27)39)34(24,3)35(36,37)38/h6-15,18H,16-17H2,1-5H3/b21-13+. The van der Waals surface area contributed by atoms with E-state index in [9.17, 15) is 9.59 Å². The van der Waals surface area contributed by atoms with Crippen molar-refractivity contribution < 1.29 is 22.8 Å². The van der Waals surface area contributed by atoms with Crippen LogP contribution in [0.15, 0.2) is 76.2 Å². The van der Waals surface area contributed by atoms with Crippen LogP contribution >= 0.6 is 23.1 Å². The SMILES string of the molecule is CC1CSC2=CC3=C(CC21C)C(=O)/C(=C/c1cc2c(s1)N1c4ccccc4[Si](C)(C)c4cccc(c41)C2(C)C(F)(F)F)C3=O. The summed E-state index contributed by atoms with van der Waals surface area (Å²) < 4.78 is 46.0. The van der Waals surface area contributed by atoms with Crippen LogP contribution in [-0.4, -0.2) is 31.6 Å². The smallest absolute Gasteiger partial charge is 0.302 e. The van der Waals surface area contributed by atoms with Gasteiger partial charge in [0, 0.05) is 38.4 Å². The Bertz CT molecular complexity index is 1970. The van der Waals surface area contributed by atoms with Gasteiger partial charge in [-0.2, -0.15) is 13.2 Å². The van der Waals surface area contributed by atoms with Crippen molar-refractivity contribution in [1.82, 2.24) is 0 Å². The zero-order valence-electron chi connectivity index (χ0n) is 25.0. The fraction of sp³-hybridized carbons (Fsp3) is 0.314. The number of thioether (sulfide) groups is 1. The van der Waals surface area contributed by atoms with Gasteiger partial charge in [0.05, 0.1) is 11.3 Å². The molecule has 0 radical (unpaired) electrons. The maximum absolute atomic E-state index is 15.3. The first-order valence-corrected chi connectivity index (χ1v) is 19.6. The lowest BCUT2D eigenvalue weighted by Crippen LogP contribution is -2.60. The molecule has 8 rings (SSSR count). The molecule has 3 atom stereocenters. The largest absolute Gasteiger partial charge is 0.402 e. The number of thiophene rings is 1. The molecule has 1 fully saturated rings. The minimum Gasteiger partial charge on any atom is -0.302 e. The molecule has 3 nitrogen and oxygen atoms in total. The van der Waals surface area contributed by atoms with Crippen molar-refractivity contribution in [3.63, 3.8) is 0 Å². The molecule has 0 bridgehead atoms. The fourth-order valence-corrected chi connectivity index (χ4v) is 13.7. The first kappa shape index (κ1) is 28.3. The van der Waals surface area contributed by atoms with Gasteiger partial charge in [0.1, 0.15) is 18.5 Å². The number of fused-ring (bicyclic) bond motifs is 5. The molecule has 0 amide bonds. The topological polar surface area (TPSA) is 37.4 Å². The molecule has 4 heterocycles. The van der Waals surface area contributed by atoms with Gasteiger partial charge in [-0.05, 0) is 64.4 Å². The number of carbonyl (C=O) groups excluding carboxylic acids is 2. The van der Waals surface area contributed by atoms with E-state index in [1.807, 2.05) is 35.2 Å². The molecule has 3 aromatic rings. The highest BCUT2D eigenvalue weighted by atomic mass is 32.2. The highest BCUT2D eigenvalue weighted by Crippen LogP contribution is 2.61. The van der Waals surface area contributed by atoms with E-state index in [4.69, 9.17) is 0 Å². The van der Waals surface area contributed by atoms with Crippen molar-refractivity contribution in [2.24, 2.45) is 11.3 Å². The summed E-state index contributed by atoms with van der Waals surface area (Å²) in [4.78, 5) is 31.0. The number of anilines is 3. The molecule has 1 saturated heterocycles. The van der Waals surface area contributed by atoms with E-state index in [1.165, 1.54) is 24.3 Å². The predicted octanol–water partition coefficient (Wildman–Crippen LogP) is 8.04. The number of nitrogens with zero attached hydrogens (tertiary/aromatic N) is 1. The zero-order valence-corrected chi connectivity index (χ0v) is 27.6. The van der Waals surface area contributed by atoms with Crippen LogP contribution in [0.4, 0.5) is 29.5 Å². The number of benzene rings is 2. The Morgan fingerprint density at radius 3 is 2.48 bits per heavy atom. The van der Waals surface area contributed by atoms with E-state index in [0.29, 0.717) is 39.1 Å². The van der Waals surface area contributed by atoms with Crippen molar-refractivity contribution in [3.8, 4) is 0 Å². The van der Waals surface area contributed by atoms with E-state index in [0.717, 1.165) is 26.7 Å². The third-order valence-corrected chi connectivity index (χ3v) is 17.1. The van der Waals surface area contributed by atoms with Crippen LogP contribution in [0, 0.1) is 11.3 Å². The Morgan fingerprint density at radius 2 is 1.73 bits per heavy atom. The normalized spacial score (nSPS) is 28.9. The number of para-hydroxylation sites is 2. The summed E-state index contributed by atoms with van der Waals surface area (Å²) >= 11 is 2.96. The van der Waals surface area contributed by atoms with E-state index < -0.39 is 19.7 Å². The summed E-state index contributed by atoms with van der Waals surface area (Å²) in [5.74, 6) is 0.708. The Hall–Kier alpha value is -3.14. The van der Waals surface area contributed by atoms with Gasteiger partial charge in [0.25, 0.3) is 0 Å². The number of carbonyl (C=O) groups is 2. The van der Waals surface area contributed by atoms with Crippen LogP contribution in [0.25, 0.3) is 6.08 Å². The molecule has 0 spiro atoms. The van der Waals surface area contributed by atoms with Gasteiger partial charge < -0.3 is 4.90 Å². The minimum atomic E-state index is -4.58. The predicted molar refractivity (Wildman–Crippen MR) is 176 cm³/mol. The minimum absolute atomic E-state index is 0.0474. The molecule has 3 unspecified atom stereocenters. The second kappa shape index (κ2) is 8.77. The van der Waals surface area contributed by atoms with E-state index in [1.54, 1.807) is 30.0 Å². The summed E-state index contributed by atoms with van der Waals surface area (Å²) in [6.45, 7) is 9.99. The monoisotopic (exact) mass is 645 g/mol. The lowest BCUT2D eigenvalue weighted by molar-refractivity contribution is -0.173. The number of alkyl halides is 3. The molecule has 9 heteroatoms. The summed E-state index contributed by atoms with van der Waals surface area (Å²) in [6, 6.07) is 14.9. The first-order valence-electron chi connectivity index (χ1n) is 14.8. The van der Waals surface area contributed by atoms with Crippen LogP contribution < -0.4 is 15.3 Å². The Kier molecular flexibility index (Phi) is 5.65. The van der Waals surface area contributed by atoms with Gasteiger partial charge in [0.2, 0.25) is 0 Å². The molecule has 224 valence electrons. The summed E-state index contributed by atoms with van der Waals surface area (Å²) in [7, 11) is -2.33. The zero-order chi connectivity index (χ0) is 31.1. The number of rotatable bonds is 1. The Morgan fingerprint density at radius 1 is 1.00 bits per heavy atom. The molecule has 0 saturated carbocycles. The van der Waals surface area contributed by atoms with Gasteiger partial charge in [-0.1, -0.05) is 63.3 Å². The van der Waals surface area contributed by atoms with Gasteiger partial charge in [0.15, 0.2) is 11.6 Å². The highest BCUT2D eigenvalue weighted by molar-refractivity contribution is 8.03. The third-order valence-electron chi connectivity index (χ3n) is 10.9. The number of ketones is 2. The summed E-state index contributed by atoms with van der Waals surface area (Å²) in [5, 5.41) is 2.62. The van der Waals surface area contributed by atoms with E-state index in [2.05, 4.69) is 33.0 Å². The number of Topliss-reactive ketones (excluding diaryl/α,β-unsaturated/α-hetero) is 2. The molecular formula is C35H30F3NO2S2Si. The Balaban J connectivity index is 1.31. The molecule has 44 heavy (non-hydrogen) atoms. The highest BCUT2D eigenvalue weighted by Gasteiger charge is 2.60. The van der Waals surface area contributed by atoms with Crippen molar-refractivity contribution >= 4 is 75.6 Å². The lowest BCUT2D eigenvalue weighted by atomic mass is 9.71. The number of hydrogen-bond donors (Lipinski definition) is 0. The van der Waals surface area contributed by atoms with Gasteiger partial charge in [-0.15, -0.1) is 23.1 Å². The number of halogens is 3. The quantitative estimate of drug-likeness (QED) is 0.153. The van der Waals surface area contributed by atoms with Crippen molar-refractivity contribution in [1.29, 1.82) is 0 Å². The van der Waals surface area contributed by atoms with Gasteiger partial charge in [-0.3, -0.25) is 9.59 Å². The van der Waals surface area contributed by atoms with Crippen LogP contribution in [0.3, 0.4) is 0 Å².